The minimum atomic E-state index is -1.15. The first-order valence-corrected chi connectivity index (χ1v) is 8.71. The number of carbonyl (C=O) groups is 2. The summed E-state index contributed by atoms with van der Waals surface area (Å²) in [5.41, 5.74) is 4.74. The smallest absolute Gasteiger partial charge is 0.244 e. The largest absolute Gasteiger partial charge is 0.550 e. The van der Waals surface area contributed by atoms with Gasteiger partial charge in [0.2, 0.25) is 5.91 Å². The first-order chi connectivity index (χ1) is 13.1. The number of carboxylic acid groups (broad SMARTS) is 1. The summed E-state index contributed by atoms with van der Waals surface area (Å²) < 4.78 is 0. The van der Waals surface area contributed by atoms with Gasteiger partial charge in [0.1, 0.15) is 0 Å². The lowest BCUT2D eigenvalue weighted by atomic mass is 10.0. The van der Waals surface area contributed by atoms with Gasteiger partial charge in [0.25, 0.3) is 0 Å². The summed E-state index contributed by atoms with van der Waals surface area (Å²) >= 11 is 0. The SMILES string of the molecule is O=C([O-])CC/C(=N/NC(=O)Cc1cccc2ccccc12)c1ccccc1. The molecule has 0 aliphatic rings. The standard InChI is InChI=1S/C22H20N2O3/c25-21(15-18-11-6-10-16-7-4-5-12-19(16)18)24-23-20(13-14-22(26)27)17-8-2-1-3-9-17/h1-12H,13-15H2,(H,24,25)(H,26,27)/p-1/b23-20-. The third-order valence-corrected chi connectivity index (χ3v) is 4.22. The van der Waals surface area contributed by atoms with Crippen LogP contribution >= 0.6 is 0 Å². The van der Waals surface area contributed by atoms with Crippen LogP contribution in [0, 0.1) is 0 Å². The Labute approximate surface area is 157 Å². The van der Waals surface area contributed by atoms with Crippen molar-refractivity contribution in [3.05, 3.63) is 83.9 Å². The van der Waals surface area contributed by atoms with Gasteiger partial charge in [-0.3, -0.25) is 4.79 Å². The van der Waals surface area contributed by atoms with E-state index in [1.807, 2.05) is 72.8 Å². The van der Waals surface area contributed by atoms with Crippen LogP contribution in [0.25, 0.3) is 10.8 Å². The minimum absolute atomic E-state index is 0.160. The molecule has 0 unspecified atom stereocenters. The third kappa shape index (κ3) is 5.01. The molecule has 0 aliphatic carbocycles. The number of rotatable bonds is 7. The lowest BCUT2D eigenvalue weighted by molar-refractivity contribution is -0.305. The van der Waals surface area contributed by atoms with Crippen LogP contribution < -0.4 is 10.5 Å². The van der Waals surface area contributed by atoms with Crippen molar-refractivity contribution >= 4 is 28.4 Å². The number of carbonyl (C=O) groups excluding carboxylic acids is 2. The molecular weight excluding hydrogens is 340 g/mol. The Bertz CT molecular complexity index is 976. The van der Waals surface area contributed by atoms with Gasteiger partial charge in [-0.2, -0.15) is 5.10 Å². The molecule has 5 nitrogen and oxygen atoms in total. The average molecular weight is 359 g/mol. The van der Waals surface area contributed by atoms with Crippen molar-refractivity contribution in [2.75, 3.05) is 0 Å². The molecule has 0 saturated heterocycles. The van der Waals surface area contributed by atoms with Crippen molar-refractivity contribution in [3.63, 3.8) is 0 Å². The summed E-state index contributed by atoms with van der Waals surface area (Å²) in [5.74, 6) is -1.41. The molecule has 0 saturated carbocycles. The van der Waals surface area contributed by atoms with Crippen LogP contribution in [0.5, 0.6) is 0 Å². The van der Waals surface area contributed by atoms with Crippen LogP contribution in [0.3, 0.4) is 0 Å². The van der Waals surface area contributed by atoms with E-state index < -0.39 is 5.97 Å². The molecule has 0 bridgehead atoms. The third-order valence-electron chi connectivity index (χ3n) is 4.22. The van der Waals surface area contributed by atoms with Crippen molar-refractivity contribution < 1.29 is 14.7 Å². The maximum atomic E-state index is 12.4. The Kier molecular flexibility index (Phi) is 5.94. The van der Waals surface area contributed by atoms with Crippen LogP contribution in [-0.2, 0) is 16.0 Å². The second kappa shape index (κ2) is 8.76. The van der Waals surface area contributed by atoms with Gasteiger partial charge in [-0.25, -0.2) is 5.43 Å². The molecule has 0 radical (unpaired) electrons. The summed E-state index contributed by atoms with van der Waals surface area (Å²) in [4.78, 5) is 23.2. The maximum absolute atomic E-state index is 12.4. The van der Waals surface area contributed by atoms with Gasteiger partial charge in [0, 0.05) is 5.97 Å². The predicted molar refractivity (Wildman–Crippen MR) is 103 cm³/mol. The monoisotopic (exact) mass is 359 g/mol. The van der Waals surface area contributed by atoms with Crippen LogP contribution in [0.4, 0.5) is 0 Å². The number of hydrogen-bond acceptors (Lipinski definition) is 4. The predicted octanol–water partition coefficient (Wildman–Crippen LogP) is 2.43. The molecule has 0 atom stereocenters. The molecule has 0 heterocycles. The molecule has 3 aromatic carbocycles. The zero-order valence-corrected chi connectivity index (χ0v) is 14.7. The van der Waals surface area contributed by atoms with Crippen LogP contribution in [0.15, 0.2) is 77.9 Å². The van der Waals surface area contributed by atoms with Crippen LogP contribution in [0.2, 0.25) is 0 Å². The molecule has 0 fully saturated rings. The van der Waals surface area contributed by atoms with Crippen molar-refractivity contribution in [2.45, 2.75) is 19.3 Å². The van der Waals surface area contributed by atoms with E-state index in [1.165, 1.54) is 0 Å². The fourth-order valence-corrected chi connectivity index (χ4v) is 2.90. The molecular formula is C22H19N2O3-. The van der Waals surface area contributed by atoms with Gasteiger partial charge in [-0.1, -0.05) is 72.8 Å². The van der Waals surface area contributed by atoms with E-state index >= 15 is 0 Å². The zero-order chi connectivity index (χ0) is 19.1. The Morgan fingerprint density at radius 1 is 0.852 bits per heavy atom. The van der Waals surface area contributed by atoms with Crippen molar-refractivity contribution in [1.29, 1.82) is 0 Å². The molecule has 5 heteroatoms. The van der Waals surface area contributed by atoms with Gasteiger partial charge in [0.05, 0.1) is 12.1 Å². The Morgan fingerprint density at radius 2 is 1.56 bits per heavy atom. The normalized spacial score (nSPS) is 11.3. The number of amides is 1. The summed E-state index contributed by atoms with van der Waals surface area (Å²) in [5, 5.41) is 17.1. The number of hydrogen-bond donors (Lipinski definition) is 1. The number of hydrazone groups is 1. The number of nitrogens with zero attached hydrogens (tertiary/aromatic N) is 1. The van der Waals surface area contributed by atoms with E-state index in [-0.39, 0.29) is 25.2 Å². The first-order valence-electron chi connectivity index (χ1n) is 8.71. The van der Waals surface area contributed by atoms with Gasteiger partial charge in [-0.05, 0) is 34.7 Å². The van der Waals surface area contributed by atoms with Gasteiger partial charge >= 0.3 is 0 Å². The van der Waals surface area contributed by atoms with E-state index in [9.17, 15) is 14.7 Å². The summed E-state index contributed by atoms with van der Waals surface area (Å²) in [6.07, 6.45) is 0.210. The van der Waals surface area contributed by atoms with Gasteiger partial charge in [-0.15, -0.1) is 0 Å². The summed E-state index contributed by atoms with van der Waals surface area (Å²) in [7, 11) is 0. The minimum Gasteiger partial charge on any atom is -0.550 e. The number of fused-ring (bicyclic) bond motifs is 1. The average Bonchev–Trinajstić information content (AvgIpc) is 2.69. The molecule has 0 aromatic heterocycles. The topological polar surface area (TPSA) is 81.6 Å². The highest BCUT2D eigenvalue weighted by atomic mass is 16.4. The van der Waals surface area contributed by atoms with Crippen molar-refractivity contribution in [3.8, 4) is 0 Å². The van der Waals surface area contributed by atoms with E-state index in [0.717, 1.165) is 21.9 Å². The van der Waals surface area contributed by atoms with E-state index in [1.54, 1.807) is 0 Å². The maximum Gasteiger partial charge on any atom is 0.244 e. The fourth-order valence-electron chi connectivity index (χ4n) is 2.90. The second-order valence-electron chi connectivity index (χ2n) is 6.15. The molecule has 1 amide bonds. The van der Waals surface area contributed by atoms with E-state index in [2.05, 4.69) is 10.5 Å². The van der Waals surface area contributed by atoms with Gasteiger partial charge < -0.3 is 9.90 Å². The number of nitrogens with one attached hydrogen (secondary N) is 1. The van der Waals surface area contributed by atoms with Crippen molar-refractivity contribution in [1.82, 2.24) is 5.43 Å². The lowest BCUT2D eigenvalue weighted by Crippen LogP contribution is -2.25. The lowest BCUT2D eigenvalue weighted by Gasteiger charge is -2.09. The second-order valence-corrected chi connectivity index (χ2v) is 6.15. The zero-order valence-electron chi connectivity index (χ0n) is 14.7. The quantitative estimate of drug-likeness (QED) is 0.520. The van der Waals surface area contributed by atoms with Crippen LogP contribution in [-0.4, -0.2) is 17.6 Å². The van der Waals surface area contributed by atoms with Crippen LogP contribution in [0.1, 0.15) is 24.0 Å². The van der Waals surface area contributed by atoms with E-state index in [0.29, 0.717) is 5.71 Å². The molecule has 3 rings (SSSR count). The molecule has 27 heavy (non-hydrogen) atoms. The number of carboxylic acids is 1. The van der Waals surface area contributed by atoms with Crippen molar-refractivity contribution in [2.24, 2.45) is 5.10 Å². The first kappa shape index (κ1) is 18.3. The highest BCUT2D eigenvalue weighted by Crippen LogP contribution is 2.18. The Balaban J connectivity index is 1.75. The van der Waals surface area contributed by atoms with Gasteiger partial charge in [0.15, 0.2) is 0 Å². The van der Waals surface area contributed by atoms with E-state index in [4.69, 9.17) is 0 Å². The summed E-state index contributed by atoms with van der Waals surface area (Å²) in [6, 6.07) is 22.9. The summed E-state index contributed by atoms with van der Waals surface area (Å²) in [6.45, 7) is 0. The Hall–Kier alpha value is -3.47. The molecule has 1 N–H and O–H groups in total. The highest BCUT2D eigenvalue weighted by Gasteiger charge is 2.08. The molecule has 3 aromatic rings. The number of aliphatic carboxylic acids is 1. The number of benzene rings is 3. The molecule has 0 spiro atoms. The fraction of sp³-hybridized carbons (Fsp3) is 0.136. The highest BCUT2D eigenvalue weighted by molar-refractivity contribution is 6.02. The molecule has 0 aliphatic heterocycles. The Morgan fingerprint density at radius 3 is 2.33 bits per heavy atom. The molecule has 136 valence electrons.